The van der Waals surface area contributed by atoms with Gasteiger partial charge in [0.25, 0.3) is 0 Å². The summed E-state index contributed by atoms with van der Waals surface area (Å²) in [6, 6.07) is 5.93. The number of carbonyl (C=O) groups is 1. The topological polar surface area (TPSA) is 101 Å². The second-order valence-electron chi connectivity index (χ2n) is 9.13. The van der Waals surface area contributed by atoms with Crippen molar-refractivity contribution in [1.82, 2.24) is 29.7 Å². The van der Waals surface area contributed by atoms with E-state index < -0.39 is 17.4 Å². The Hall–Kier alpha value is -3.53. The van der Waals surface area contributed by atoms with Crippen molar-refractivity contribution >= 4 is 28.8 Å². The zero-order valence-electron chi connectivity index (χ0n) is 18.5. The lowest BCUT2D eigenvalue weighted by Gasteiger charge is -2.61. The minimum absolute atomic E-state index is 0.00418. The summed E-state index contributed by atoms with van der Waals surface area (Å²) in [5, 5.41) is 15.5. The van der Waals surface area contributed by atoms with Crippen molar-refractivity contribution in [3.8, 4) is 11.4 Å². The number of fused-ring (bicyclic) bond motifs is 3. The van der Waals surface area contributed by atoms with E-state index in [1.54, 1.807) is 28.7 Å². The van der Waals surface area contributed by atoms with Crippen LogP contribution >= 0.6 is 11.6 Å². The first-order chi connectivity index (χ1) is 16.3. The highest BCUT2D eigenvalue weighted by molar-refractivity contribution is 6.33. The fourth-order valence-corrected chi connectivity index (χ4v) is 5.62. The van der Waals surface area contributed by atoms with Crippen LogP contribution in [0.5, 0.6) is 0 Å². The SMILES string of the molecule is Cc1nnc([C@@]23C[C@H](C)C[C@@H](C2)N3C(=O)Nc2cc(-c3ncc4cccn4n3)c(Cl)cc2F)o1. The maximum absolute atomic E-state index is 14.9. The minimum Gasteiger partial charge on any atom is -0.423 e. The first-order valence-corrected chi connectivity index (χ1v) is 11.4. The number of benzene rings is 1. The van der Waals surface area contributed by atoms with Crippen LogP contribution in [0.2, 0.25) is 5.02 Å². The first-order valence-electron chi connectivity index (χ1n) is 11.0. The van der Waals surface area contributed by atoms with Gasteiger partial charge in [0.05, 0.1) is 22.4 Å². The van der Waals surface area contributed by atoms with Crippen LogP contribution in [0.4, 0.5) is 14.9 Å². The number of aryl methyl sites for hydroxylation is 1. The smallest absolute Gasteiger partial charge is 0.323 e. The number of anilines is 1. The number of nitrogens with zero attached hydrogens (tertiary/aromatic N) is 6. The molecule has 2 bridgehead atoms. The molecule has 1 N–H and O–H groups in total. The van der Waals surface area contributed by atoms with Crippen molar-refractivity contribution in [3.63, 3.8) is 0 Å². The molecule has 4 heterocycles. The van der Waals surface area contributed by atoms with Crippen molar-refractivity contribution in [2.24, 2.45) is 5.92 Å². The van der Waals surface area contributed by atoms with Crippen molar-refractivity contribution < 1.29 is 13.6 Å². The van der Waals surface area contributed by atoms with Crippen LogP contribution in [0.15, 0.2) is 41.1 Å². The van der Waals surface area contributed by atoms with Crippen LogP contribution in [0.1, 0.15) is 38.0 Å². The summed E-state index contributed by atoms with van der Waals surface area (Å²) in [6.45, 7) is 3.86. The lowest BCUT2D eigenvalue weighted by atomic mass is 9.64. The molecular weight excluding hydrogens is 461 g/mol. The minimum atomic E-state index is -0.679. The van der Waals surface area contributed by atoms with E-state index in [0.29, 0.717) is 35.5 Å². The molecule has 1 aliphatic heterocycles. The Morgan fingerprint density at radius 3 is 2.97 bits per heavy atom. The normalized spacial score (nSPS) is 23.7. The molecule has 11 heteroatoms. The highest BCUT2D eigenvalue weighted by Crippen LogP contribution is 2.55. The molecule has 0 unspecified atom stereocenters. The standard InChI is InChI=1S/C23H21ClFN7O2/c1-12-6-15-10-23(9-12,21-29-28-13(2)34-21)32(15)22(33)27-19-7-16(17(24)8-18(19)25)20-26-11-14-4-3-5-31(14)30-20/h3-5,7-8,11-12,15H,6,9-10H2,1-2H3,(H,27,33)/t12-,15+,23-/m1/s1. The Morgan fingerprint density at radius 2 is 2.18 bits per heavy atom. The predicted molar refractivity (Wildman–Crippen MR) is 122 cm³/mol. The number of rotatable bonds is 3. The van der Waals surface area contributed by atoms with E-state index in [1.807, 2.05) is 12.1 Å². The third kappa shape index (κ3) is 3.16. The molecule has 6 rings (SSSR count). The van der Waals surface area contributed by atoms with Crippen LogP contribution in [0.3, 0.4) is 0 Å². The van der Waals surface area contributed by atoms with Gasteiger partial charge in [-0.15, -0.1) is 15.3 Å². The molecule has 3 atom stereocenters. The zero-order valence-corrected chi connectivity index (χ0v) is 19.3. The van der Waals surface area contributed by atoms with Gasteiger partial charge in [0.1, 0.15) is 11.4 Å². The molecule has 2 amide bonds. The van der Waals surface area contributed by atoms with Gasteiger partial charge in [-0.2, -0.15) is 0 Å². The molecule has 0 spiro atoms. The van der Waals surface area contributed by atoms with Crippen molar-refractivity contribution in [3.05, 3.63) is 59.3 Å². The molecule has 2 aliphatic rings. The third-order valence-corrected chi connectivity index (χ3v) is 7.04. The van der Waals surface area contributed by atoms with E-state index in [-0.39, 0.29) is 16.8 Å². The average molecular weight is 482 g/mol. The average Bonchev–Trinajstić information content (AvgIpc) is 3.43. The Balaban J connectivity index is 1.33. The van der Waals surface area contributed by atoms with Crippen LogP contribution in [0, 0.1) is 18.7 Å². The number of urea groups is 1. The summed E-state index contributed by atoms with van der Waals surface area (Å²) < 4.78 is 22.2. The fraction of sp³-hybridized carbons (Fsp3) is 0.348. The molecule has 34 heavy (non-hydrogen) atoms. The van der Waals surface area contributed by atoms with E-state index in [9.17, 15) is 9.18 Å². The largest absolute Gasteiger partial charge is 0.423 e. The number of halogens is 2. The van der Waals surface area contributed by atoms with Gasteiger partial charge in [0, 0.05) is 31.1 Å². The Kier molecular flexibility index (Phi) is 4.63. The van der Waals surface area contributed by atoms with Gasteiger partial charge >= 0.3 is 6.03 Å². The molecule has 1 aliphatic carbocycles. The van der Waals surface area contributed by atoms with E-state index in [0.717, 1.165) is 24.4 Å². The molecule has 174 valence electrons. The maximum Gasteiger partial charge on any atom is 0.323 e. The van der Waals surface area contributed by atoms with Gasteiger partial charge in [0.15, 0.2) is 5.82 Å². The summed E-state index contributed by atoms with van der Waals surface area (Å²) in [4.78, 5) is 19.5. The molecular formula is C23H21ClFN7O2. The van der Waals surface area contributed by atoms with Crippen LogP contribution in [-0.2, 0) is 5.54 Å². The van der Waals surface area contributed by atoms with Gasteiger partial charge in [-0.25, -0.2) is 18.7 Å². The summed E-state index contributed by atoms with van der Waals surface area (Å²) in [5.41, 5.74) is 0.543. The van der Waals surface area contributed by atoms with Gasteiger partial charge in [-0.3, -0.25) is 0 Å². The van der Waals surface area contributed by atoms with Gasteiger partial charge in [-0.05, 0) is 43.0 Å². The maximum atomic E-state index is 14.9. The first kappa shape index (κ1) is 21.0. The third-order valence-electron chi connectivity index (χ3n) is 6.72. The molecule has 0 radical (unpaired) electrons. The van der Waals surface area contributed by atoms with Gasteiger partial charge < -0.3 is 14.6 Å². The monoisotopic (exact) mass is 481 g/mol. The van der Waals surface area contributed by atoms with Crippen molar-refractivity contribution in [1.29, 1.82) is 0 Å². The van der Waals surface area contributed by atoms with Crippen LogP contribution < -0.4 is 5.32 Å². The molecule has 1 saturated carbocycles. The Bertz CT molecular complexity index is 1440. The highest BCUT2D eigenvalue weighted by atomic mass is 35.5. The van der Waals surface area contributed by atoms with Gasteiger partial charge in [-0.1, -0.05) is 18.5 Å². The van der Waals surface area contributed by atoms with Crippen molar-refractivity contribution in [2.75, 3.05) is 5.32 Å². The summed E-state index contributed by atoms with van der Waals surface area (Å²) in [7, 11) is 0. The Labute approximate surface area is 198 Å². The number of hydrogen-bond donors (Lipinski definition) is 1. The predicted octanol–water partition coefficient (Wildman–Crippen LogP) is 4.81. The molecule has 3 aromatic heterocycles. The Morgan fingerprint density at radius 1 is 1.32 bits per heavy atom. The number of hydrogen-bond acceptors (Lipinski definition) is 6. The summed E-state index contributed by atoms with van der Waals surface area (Å²) in [6.07, 6.45) is 5.74. The number of likely N-dealkylation sites (tertiary alicyclic amines) is 1. The summed E-state index contributed by atoms with van der Waals surface area (Å²) in [5.74, 6) is 0.935. The second kappa shape index (κ2) is 7.49. The van der Waals surface area contributed by atoms with Gasteiger partial charge in [0.2, 0.25) is 11.8 Å². The van der Waals surface area contributed by atoms with E-state index in [4.69, 9.17) is 16.0 Å². The van der Waals surface area contributed by atoms with E-state index in [1.165, 1.54) is 6.07 Å². The molecule has 9 nitrogen and oxygen atoms in total. The highest BCUT2D eigenvalue weighted by Gasteiger charge is 2.62. The van der Waals surface area contributed by atoms with E-state index >= 15 is 0 Å². The number of amides is 2. The summed E-state index contributed by atoms with van der Waals surface area (Å²) >= 11 is 6.32. The second-order valence-corrected chi connectivity index (χ2v) is 9.54. The molecule has 1 aromatic carbocycles. The molecule has 1 saturated heterocycles. The number of nitrogens with one attached hydrogen (secondary N) is 1. The fourth-order valence-electron chi connectivity index (χ4n) is 5.38. The quantitative estimate of drug-likeness (QED) is 0.450. The zero-order chi connectivity index (χ0) is 23.6. The lowest BCUT2D eigenvalue weighted by molar-refractivity contribution is -0.110. The van der Waals surface area contributed by atoms with Crippen LogP contribution in [-0.4, -0.2) is 41.8 Å². The number of aromatic nitrogens is 5. The van der Waals surface area contributed by atoms with Crippen molar-refractivity contribution in [2.45, 2.75) is 44.7 Å². The van der Waals surface area contributed by atoms with E-state index in [2.05, 4.69) is 32.5 Å². The number of piperidine rings is 1. The lowest BCUT2D eigenvalue weighted by Crippen LogP contribution is -2.70. The molecule has 4 aromatic rings. The molecule has 2 fully saturated rings. The van der Waals surface area contributed by atoms with Crippen LogP contribution in [0.25, 0.3) is 16.9 Å². The number of carbonyl (C=O) groups excluding carboxylic acids is 1.